The molecule has 0 aliphatic carbocycles. The van der Waals surface area contributed by atoms with E-state index in [0.29, 0.717) is 5.75 Å². The SMILES string of the molecule is Cc1nn(C)cc1CSCCC(=O)O. The smallest absolute Gasteiger partial charge is 0.304 e. The fourth-order valence-electron chi connectivity index (χ4n) is 1.13. The van der Waals surface area contributed by atoms with Crippen molar-refractivity contribution in [3.63, 3.8) is 0 Å². The van der Waals surface area contributed by atoms with Gasteiger partial charge < -0.3 is 5.11 Å². The zero-order valence-electron chi connectivity index (χ0n) is 8.36. The largest absolute Gasteiger partial charge is 0.481 e. The lowest BCUT2D eigenvalue weighted by atomic mass is 10.3. The number of aliphatic carboxylic acids is 1. The van der Waals surface area contributed by atoms with Crippen LogP contribution in [-0.4, -0.2) is 26.6 Å². The number of carbonyl (C=O) groups is 1. The molecule has 0 aliphatic heterocycles. The van der Waals surface area contributed by atoms with Crippen LogP contribution in [0.4, 0.5) is 0 Å². The summed E-state index contributed by atoms with van der Waals surface area (Å²) in [5.74, 6) is 0.761. The minimum Gasteiger partial charge on any atom is -0.481 e. The second-order valence-electron chi connectivity index (χ2n) is 3.11. The first-order valence-corrected chi connectivity index (χ1v) is 5.53. The van der Waals surface area contributed by atoms with E-state index in [4.69, 9.17) is 5.11 Å². The van der Waals surface area contributed by atoms with Crippen LogP contribution in [0.2, 0.25) is 0 Å². The van der Waals surface area contributed by atoms with Gasteiger partial charge in [-0.15, -0.1) is 0 Å². The highest BCUT2D eigenvalue weighted by Crippen LogP contribution is 2.15. The van der Waals surface area contributed by atoms with Gasteiger partial charge >= 0.3 is 5.97 Å². The molecule has 1 aromatic rings. The maximum Gasteiger partial charge on any atom is 0.304 e. The standard InChI is InChI=1S/C9H14N2O2S/c1-7-8(5-11(2)10-7)6-14-4-3-9(12)13/h5H,3-4,6H2,1-2H3,(H,12,13). The topological polar surface area (TPSA) is 55.1 Å². The van der Waals surface area contributed by atoms with Gasteiger partial charge in [-0.1, -0.05) is 0 Å². The van der Waals surface area contributed by atoms with Gasteiger partial charge in [-0.25, -0.2) is 0 Å². The predicted octanol–water partition coefficient (Wildman–Crippen LogP) is 1.44. The number of hydrogen-bond acceptors (Lipinski definition) is 3. The normalized spacial score (nSPS) is 10.4. The molecular formula is C9H14N2O2S. The minimum atomic E-state index is -0.736. The Morgan fingerprint density at radius 1 is 1.71 bits per heavy atom. The third-order valence-electron chi connectivity index (χ3n) is 1.83. The molecule has 0 saturated heterocycles. The minimum absolute atomic E-state index is 0.226. The van der Waals surface area contributed by atoms with Crippen LogP contribution in [0, 0.1) is 6.92 Å². The Morgan fingerprint density at radius 2 is 2.43 bits per heavy atom. The second-order valence-corrected chi connectivity index (χ2v) is 4.21. The lowest BCUT2D eigenvalue weighted by Gasteiger charge is -1.97. The summed E-state index contributed by atoms with van der Waals surface area (Å²) >= 11 is 1.63. The van der Waals surface area contributed by atoms with E-state index in [-0.39, 0.29) is 6.42 Å². The lowest BCUT2D eigenvalue weighted by molar-refractivity contribution is -0.136. The second kappa shape index (κ2) is 5.05. The molecule has 0 aromatic carbocycles. The highest BCUT2D eigenvalue weighted by atomic mass is 32.2. The van der Waals surface area contributed by atoms with E-state index in [2.05, 4.69) is 5.10 Å². The van der Waals surface area contributed by atoms with Crippen LogP contribution in [0.3, 0.4) is 0 Å². The van der Waals surface area contributed by atoms with Gasteiger partial charge in [0.05, 0.1) is 12.1 Å². The zero-order valence-corrected chi connectivity index (χ0v) is 9.17. The fraction of sp³-hybridized carbons (Fsp3) is 0.556. The van der Waals surface area contributed by atoms with Crippen LogP contribution in [0.1, 0.15) is 17.7 Å². The van der Waals surface area contributed by atoms with Crippen LogP contribution < -0.4 is 0 Å². The summed E-state index contributed by atoms with van der Waals surface area (Å²) in [5.41, 5.74) is 2.21. The van der Waals surface area contributed by atoms with E-state index in [9.17, 15) is 4.79 Å². The molecule has 0 radical (unpaired) electrons. The molecule has 1 aromatic heterocycles. The van der Waals surface area contributed by atoms with E-state index in [1.807, 2.05) is 20.2 Å². The lowest BCUT2D eigenvalue weighted by Crippen LogP contribution is -1.96. The third-order valence-corrected chi connectivity index (χ3v) is 2.84. The average molecular weight is 214 g/mol. The molecule has 1 heterocycles. The Bertz CT molecular complexity index is 323. The molecule has 0 atom stereocenters. The number of carboxylic acids is 1. The van der Waals surface area contributed by atoms with Crippen LogP contribution in [0.5, 0.6) is 0 Å². The highest BCUT2D eigenvalue weighted by Gasteiger charge is 2.03. The van der Waals surface area contributed by atoms with Crippen molar-refractivity contribution < 1.29 is 9.90 Å². The van der Waals surface area contributed by atoms with Gasteiger partial charge in [0.15, 0.2) is 0 Å². The van der Waals surface area contributed by atoms with Crippen molar-refractivity contribution in [3.8, 4) is 0 Å². The molecule has 4 nitrogen and oxygen atoms in total. The summed E-state index contributed by atoms with van der Waals surface area (Å²) in [4.78, 5) is 10.3. The number of rotatable bonds is 5. The van der Waals surface area contributed by atoms with Crippen molar-refractivity contribution in [2.75, 3.05) is 5.75 Å². The molecule has 5 heteroatoms. The Labute approximate surface area is 87.3 Å². The van der Waals surface area contributed by atoms with E-state index in [0.717, 1.165) is 11.4 Å². The van der Waals surface area contributed by atoms with Crippen LogP contribution >= 0.6 is 11.8 Å². The van der Waals surface area contributed by atoms with Gasteiger partial charge in [-0.05, 0) is 6.92 Å². The molecule has 1 rings (SSSR count). The first kappa shape index (κ1) is 11.1. The molecule has 0 unspecified atom stereocenters. The molecule has 0 spiro atoms. The first-order valence-electron chi connectivity index (χ1n) is 4.38. The monoisotopic (exact) mass is 214 g/mol. The number of hydrogen-bond donors (Lipinski definition) is 1. The Hall–Kier alpha value is -0.970. The summed E-state index contributed by atoms with van der Waals surface area (Å²) in [6.07, 6.45) is 2.20. The maximum atomic E-state index is 10.3. The molecular weight excluding hydrogens is 200 g/mol. The van der Waals surface area contributed by atoms with Gasteiger partial charge in [0.25, 0.3) is 0 Å². The number of aryl methyl sites for hydroxylation is 2. The molecule has 0 aliphatic rings. The average Bonchev–Trinajstić information content (AvgIpc) is 2.39. The van der Waals surface area contributed by atoms with Crippen molar-refractivity contribution in [2.45, 2.75) is 19.1 Å². The summed E-state index contributed by atoms with van der Waals surface area (Å²) in [6, 6.07) is 0. The fourth-order valence-corrected chi connectivity index (χ4v) is 2.10. The summed E-state index contributed by atoms with van der Waals surface area (Å²) in [7, 11) is 1.89. The van der Waals surface area contributed by atoms with Crippen LogP contribution in [0.25, 0.3) is 0 Å². The van der Waals surface area contributed by atoms with E-state index >= 15 is 0 Å². The third kappa shape index (κ3) is 3.41. The summed E-state index contributed by atoms with van der Waals surface area (Å²) < 4.78 is 1.78. The number of carboxylic acid groups (broad SMARTS) is 1. The Balaban J connectivity index is 2.31. The van der Waals surface area contributed by atoms with Crippen molar-refractivity contribution in [2.24, 2.45) is 7.05 Å². The summed E-state index contributed by atoms with van der Waals surface area (Å²) in [5, 5.41) is 12.7. The first-order chi connectivity index (χ1) is 6.59. The van der Waals surface area contributed by atoms with Crippen molar-refractivity contribution in [1.82, 2.24) is 9.78 Å². The van der Waals surface area contributed by atoms with Gasteiger partial charge in [0.1, 0.15) is 0 Å². The molecule has 0 bridgehead atoms. The van der Waals surface area contributed by atoms with E-state index in [1.165, 1.54) is 5.56 Å². The maximum absolute atomic E-state index is 10.3. The van der Waals surface area contributed by atoms with Crippen molar-refractivity contribution >= 4 is 17.7 Å². The molecule has 0 amide bonds. The van der Waals surface area contributed by atoms with E-state index < -0.39 is 5.97 Å². The number of thioether (sulfide) groups is 1. The quantitative estimate of drug-likeness (QED) is 0.753. The Morgan fingerprint density at radius 3 is 2.93 bits per heavy atom. The summed E-state index contributed by atoms with van der Waals surface area (Å²) in [6.45, 7) is 1.97. The van der Waals surface area contributed by atoms with Gasteiger partial charge in [-0.2, -0.15) is 16.9 Å². The van der Waals surface area contributed by atoms with Crippen molar-refractivity contribution in [3.05, 3.63) is 17.5 Å². The molecule has 14 heavy (non-hydrogen) atoms. The molecule has 0 fully saturated rings. The van der Waals surface area contributed by atoms with Crippen LogP contribution in [-0.2, 0) is 17.6 Å². The number of nitrogens with zero attached hydrogens (tertiary/aromatic N) is 2. The van der Waals surface area contributed by atoms with Gasteiger partial charge in [0.2, 0.25) is 0 Å². The number of aromatic nitrogens is 2. The highest BCUT2D eigenvalue weighted by molar-refractivity contribution is 7.98. The van der Waals surface area contributed by atoms with Crippen molar-refractivity contribution in [1.29, 1.82) is 0 Å². The molecule has 78 valence electrons. The van der Waals surface area contributed by atoms with Gasteiger partial charge in [0, 0.05) is 30.3 Å². The predicted molar refractivity (Wildman–Crippen MR) is 56.4 cm³/mol. The molecule has 0 saturated carbocycles. The van der Waals surface area contributed by atoms with E-state index in [1.54, 1.807) is 16.4 Å². The van der Waals surface area contributed by atoms with Crippen LogP contribution in [0.15, 0.2) is 6.20 Å². The molecule has 1 N–H and O–H groups in total. The zero-order chi connectivity index (χ0) is 10.6. The van der Waals surface area contributed by atoms with Gasteiger partial charge in [-0.3, -0.25) is 9.48 Å². The Kier molecular flexibility index (Phi) is 4.00.